The van der Waals surface area contributed by atoms with Crippen LogP contribution in [0.5, 0.6) is 0 Å². The third-order valence-electron chi connectivity index (χ3n) is 4.53. The topological polar surface area (TPSA) is 98.7 Å². The second-order valence-electron chi connectivity index (χ2n) is 6.74. The molecule has 0 bridgehead atoms. The van der Waals surface area contributed by atoms with Crippen LogP contribution in [0.1, 0.15) is 59.2 Å². The van der Waals surface area contributed by atoms with Crippen LogP contribution in [0.15, 0.2) is 48.5 Å². The molecule has 0 radical (unpaired) electrons. The number of anilines is 2. The summed E-state index contributed by atoms with van der Waals surface area (Å²) in [5.41, 5.74) is 2.51. The standard InChI is InChI=1S/C22H28N2O4/c25-21(26)17-7-11-19(12-8-17)23-15-5-3-1-2-4-6-16-24-20-13-9-18(10-14-20)22(27)28/h7-14,23-24H,1-6,15-16H2,(H,25,26)(H,27,28). The maximum absolute atomic E-state index is 10.8. The summed E-state index contributed by atoms with van der Waals surface area (Å²) in [6, 6.07) is 13.6. The van der Waals surface area contributed by atoms with Gasteiger partial charge in [0.2, 0.25) is 0 Å². The highest BCUT2D eigenvalue weighted by Gasteiger charge is 2.02. The highest BCUT2D eigenvalue weighted by molar-refractivity contribution is 5.88. The second kappa shape index (κ2) is 11.6. The molecule has 0 atom stereocenters. The van der Waals surface area contributed by atoms with E-state index in [1.807, 2.05) is 0 Å². The number of hydrogen-bond donors (Lipinski definition) is 4. The van der Waals surface area contributed by atoms with Crippen molar-refractivity contribution < 1.29 is 19.8 Å². The molecule has 0 fully saturated rings. The molecule has 0 aliphatic heterocycles. The van der Waals surface area contributed by atoms with Crippen LogP contribution in [0.2, 0.25) is 0 Å². The van der Waals surface area contributed by atoms with Gasteiger partial charge in [0.25, 0.3) is 0 Å². The Labute approximate surface area is 165 Å². The molecule has 2 aromatic carbocycles. The van der Waals surface area contributed by atoms with E-state index in [9.17, 15) is 9.59 Å². The first-order chi connectivity index (χ1) is 13.6. The van der Waals surface area contributed by atoms with Crippen molar-refractivity contribution in [3.8, 4) is 0 Å². The zero-order valence-corrected chi connectivity index (χ0v) is 16.0. The van der Waals surface area contributed by atoms with Crippen molar-refractivity contribution in [1.82, 2.24) is 0 Å². The fourth-order valence-corrected chi connectivity index (χ4v) is 2.88. The predicted octanol–water partition coefficient (Wildman–Crippen LogP) is 4.95. The zero-order chi connectivity index (χ0) is 20.2. The lowest BCUT2D eigenvalue weighted by molar-refractivity contribution is 0.0686. The van der Waals surface area contributed by atoms with Crippen molar-refractivity contribution in [1.29, 1.82) is 0 Å². The largest absolute Gasteiger partial charge is 0.478 e. The molecule has 0 saturated heterocycles. The van der Waals surface area contributed by atoms with Crippen molar-refractivity contribution in [2.45, 2.75) is 38.5 Å². The highest BCUT2D eigenvalue weighted by Crippen LogP contribution is 2.12. The number of rotatable bonds is 13. The van der Waals surface area contributed by atoms with Gasteiger partial charge in [-0.3, -0.25) is 0 Å². The first-order valence-corrected chi connectivity index (χ1v) is 9.71. The fourth-order valence-electron chi connectivity index (χ4n) is 2.88. The smallest absolute Gasteiger partial charge is 0.335 e. The minimum atomic E-state index is -0.905. The molecule has 0 heterocycles. The van der Waals surface area contributed by atoms with Crippen LogP contribution in [-0.4, -0.2) is 35.2 Å². The minimum Gasteiger partial charge on any atom is -0.478 e. The lowest BCUT2D eigenvalue weighted by atomic mass is 10.1. The van der Waals surface area contributed by atoms with Gasteiger partial charge in [-0.2, -0.15) is 0 Å². The molecule has 0 saturated carbocycles. The van der Waals surface area contributed by atoms with E-state index < -0.39 is 11.9 Å². The van der Waals surface area contributed by atoms with Gasteiger partial charge in [0.1, 0.15) is 0 Å². The molecule has 2 rings (SSSR count). The Morgan fingerprint density at radius 2 is 0.893 bits per heavy atom. The number of nitrogens with one attached hydrogen (secondary N) is 2. The van der Waals surface area contributed by atoms with Crippen LogP contribution in [0.25, 0.3) is 0 Å². The summed E-state index contributed by atoms with van der Waals surface area (Å²) in [6.45, 7) is 1.78. The molecular formula is C22H28N2O4. The number of hydrogen-bond acceptors (Lipinski definition) is 4. The summed E-state index contributed by atoms with van der Waals surface area (Å²) in [6.07, 6.45) is 6.93. The lowest BCUT2D eigenvalue weighted by Gasteiger charge is -2.08. The molecule has 0 aromatic heterocycles. The number of carboxylic acids is 2. The molecule has 0 unspecified atom stereocenters. The molecule has 4 N–H and O–H groups in total. The van der Waals surface area contributed by atoms with E-state index in [-0.39, 0.29) is 0 Å². The van der Waals surface area contributed by atoms with Gasteiger partial charge in [-0.1, -0.05) is 25.7 Å². The van der Waals surface area contributed by atoms with Crippen molar-refractivity contribution in [2.75, 3.05) is 23.7 Å². The van der Waals surface area contributed by atoms with E-state index in [2.05, 4.69) is 10.6 Å². The van der Waals surface area contributed by atoms with Crippen molar-refractivity contribution in [3.05, 3.63) is 59.7 Å². The Bertz CT molecular complexity index is 677. The lowest BCUT2D eigenvalue weighted by Crippen LogP contribution is -2.03. The molecule has 28 heavy (non-hydrogen) atoms. The number of benzene rings is 2. The Kier molecular flexibility index (Phi) is 8.85. The van der Waals surface area contributed by atoms with Gasteiger partial charge in [-0.15, -0.1) is 0 Å². The quantitative estimate of drug-likeness (QED) is 0.365. The third kappa shape index (κ3) is 7.70. The third-order valence-corrected chi connectivity index (χ3v) is 4.53. The number of carbonyl (C=O) groups is 2. The van der Waals surface area contributed by atoms with E-state index in [0.29, 0.717) is 11.1 Å². The summed E-state index contributed by atoms with van der Waals surface area (Å²) in [5, 5.41) is 24.4. The number of aromatic carboxylic acids is 2. The van der Waals surface area contributed by atoms with Crippen molar-refractivity contribution >= 4 is 23.3 Å². The first kappa shape index (κ1) is 21.3. The SMILES string of the molecule is O=C(O)c1ccc(NCCCCCCCCNc2ccc(C(=O)O)cc2)cc1. The van der Waals surface area contributed by atoms with Gasteiger partial charge in [0.15, 0.2) is 0 Å². The molecule has 2 aromatic rings. The number of carboxylic acid groups (broad SMARTS) is 2. The molecule has 150 valence electrons. The van der Waals surface area contributed by atoms with Crippen LogP contribution in [0, 0.1) is 0 Å². The van der Waals surface area contributed by atoms with E-state index in [1.165, 1.54) is 25.7 Å². The van der Waals surface area contributed by atoms with Crippen LogP contribution >= 0.6 is 0 Å². The monoisotopic (exact) mass is 384 g/mol. The fraction of sp³-hybridized carbons (Fsp3) is 0.364. The summed E-state index contributed by atoms with van der Waals surface area (Å²) in [4.78, 5) is 21.6. The maximum atomic E-state index is 10.8. The van der Waals surface area contributed by atoms with Gasteiger partial charge in [-0.25, -0.2) is 9.59 Å². The van der Waals surface area contributed by atoms with Gasteiger partial charge >= 0.3 is 11.9 Å². The van der Waals surface area contributed by atoms with Crippen LogP contribution < -0.4 is 10.6 Å². The Hall–Kier alpha value is -3.02. The van der Waals surface area contributed by atoms with Crippen LogP contribution in [-0.2, 0) is 0 Å². The summed E-state index contributed by atoms with van der Waals surface area (Å²) in [7, 11) is 0. The molecule has 0 amide bonds. The Balaban J connectivity index is 1.45. The van der Waals surface area contributed by atoms with E-state index in [0.717, 1.165) is 37.3 Å². The summed E-state index contributed by atoms with van der Waals surface area (Å²) >= 11 is 0. The van der Waals surface area contributed by atoms with Crippen LogP contribution in [0.4, 0.5) is 11.4 Å². The van der Waals surface area contributed by atoms with Crippen molar-refractivity contribution in [3.63, 3.8) is 0 Å². The van der Waals surface area contributed by atoms with Gasteiger partial charge < -0.3 is 20.8 Å². The van der Waals surface area contributed by atoms with E-state index in [4.69, 9.17) is 10.2 Å². The molecular weight excluding hydrogens is 356 g/mol. The Morgan fingerprint density at radius 1 is 0.571 bits per heavy atom. The molecule has 0 aliphatic carbocycles. The van der Waals surface area contributed by atoms with E-state index >= 15 is 0 Å². The molecule has 0 aliphatic rings. The average Bonchev–Trinajstić information content (AvgIpc) is 2.70. The van der Waals surface area contributed by atoms with Gasteiger partial charge in [-0.05, 0) is 61.4 Å². The number of unbranched alkanes of at least 4 members (excludes halogenated alkanes) is 5. The van der Waals surface area contributed by atoms with Gasteiger partial charge in [0, 0.05) is 24.5 Å². The molecule has 6 nitrogen and oxygen atoms in total. The first-order valence-electron chi connectivity index (χ1n) is 9.71. The summed E-state index contributed by atoms with van der Waals surface area (Å²) in [5.74, 6) is -1.81. The minimum absolute atomic E-state index is 0.303. The molecule has 6 heteroatoms. The zero-order valence-electron chi connectivity index (χ0n) is 16.0. The second-order valence-corrected chi connectivity index (χ2v) is 6.74. The van der Waals surface area contributed by atoms with Gasteiger partial charge in [0.05, 0.1) is 11.1 Å². The molecule has 0 spiro atoms. The maximum Gasteiger partial charge on any atom is 0.335 e. The average molecular weight is 384 g/mol. The highest BCUT2D eigenvalue weighted by atomic mass is 16.4. The van der Waals surface area contributed by atoms with Crippen LogP contribution in [0.3, 0.4) is 0 Å². The van der Waals surface area contributed by atoms with E-state index in [1.54, 1.807) is 48.5 Å². The normalized spacial score (nSPS) is 10.4. The predicted molar refractivity (Wildman–Crippen MR) is 111 cm³/mol. The Morgan fingerprint density at radius 3 is 1.21 bits per heavy atom. The summed E-state index contributed by atoms with van der Waals surface area (Å²) < 4.78 is 0. The van der Waals surface area contributed by atoms with Crippen molar-refractivity contribution in [2.24, 2.45) is 0 Å².